The van der Waals surface area contributed by atoms with Gasteiger partial charge < -0.3 is 20.3 Å². The van der Waals surface area contributed by atoms with Gasteiger partial charge in [0.05, 0.1) is 18.9 Å². The minimum absolute atomic E-state index is 0.00172. The standard InChI is InChI=1S/C14H22N4O2/c1-11(10-15-2)14(19)17-12-4-3-5-16-13(12)18-6-8-20-9-7-18/h3-5,11,15H,6-10H2,1-2H3,(H,17,19). The lowest BCUT2D eigenvalue weighted by Gasteiger charge is -2.29. The predicted molar refractivity (Wildman–Crippen MR) is 79.0 cm³/mol. The van der Waals surface area contributed by atoms with Crippen LogP contribution in [0.15, 0.2) is 18.3 Å². The van der Waals surface area contributed by atoms with Gasteiger partial charge in [-0.1, -0.05) is 6.92 Å². The van der Waals surface area contributed by atoms with Crippen LogP contribution in [0.25, 0.3) is 0 Å². The molecule has 6 heteroatoms. The molecule has 1 atom stereocenters. The van der Waals surface area contributed by atoms with Gasteiger partial charge in [-0.25, -0.2) is 4.98 Å². The van der Waals surface area contributed by atoms with Crippen LogP contribution >= 0.6 is 0 Å². The normalized spacial score (nSPS) is 16.8. The highest BCUT2D eigenvalue weighted by Crippen LogP contribution is 2.23. The topological polar surface area (TPSA) is 66.5 Å². The van der Waals surface area contributed by atoms with Gasteiger partial charge in [0.25, 0.3) is 0 Å². The lowest BCUT2D eigenvalue weighted by atomic mass is 10.1. The quantitative estimate of drug-likeness (QED) is 0.830. The smallest absolute Gasteiger partial charge is 0.228 e. The lowest BCUT2D eigenvalue weighted by molar-refractivity contribution is -0.119. The SMILES string of the molecule is CNCC(C)C(=O)Nc1cccnc1N1CCOCC1. The van der Waals surface area contributed by atoms with E-state index >= 15 is 0 Å². The number of aromatic nitrogens is 1. The summed E-state index contributed by atoms with van der Waals surface area (Å²) >= 11 is 0. The Morgan fingerprint density at radius 1 is 1.50 bits per heavy atom. The molecule has 0 spiro atoms. The fourth-order valence-electron chi connectivity index (χ4n) is 2.18. The van der Waals surface area contributed by atoms with E-state index in [1.54, 1.807) is 6.20 Å². The molecule has 1 aliphatic rings. The first-order valence-electron chi connectivity index (χ1n) is 6.95. The fraction of sp³-hybridized carbons (Fsp3) is 0.571. The van der Waals surface area contributed by atoms with Gasteiger partial charge in [0, 0.05) is 31.7 Å². The van der Waals surface area contributed by atoms with Crippen LogP contribution in [0.5, 0.6) is 0 Å². The van der Waals surface area contributed by atoms with Gasteiger partial charge in [0.2, 0.25) is 5.91 Å². The number of carbonyl (C=O) groups is 1. The van der Waals surface area contributed by atoms with Crippen molar-refractivity contribution in [2.75, 3.05) is 50.1 Å². The fourth-order valence-corrected chi connectivity index (χ4v) is 2.18. The summed E-state index contributed by atoms with van der Waals surface area (Å²) in [4.78, 5) is 18.7. The summed E-state index contributed by atoms with van der Waals surface area (Å²) in [5.41, 5.74) is 0.766. The summed E-state index contributed by atoms with van der Waals surface area (Å²) < 4.78 is 5.35. The highest BCUT2D eigenvalue weighted by Gasteiger charge is 2.19. The van der Waals surface area contributed by atoms with Gasteiger partial charge in [0.1, 0.15) is 0 Å². The van der Waals surface area contributed by atoms with Crippen molar-refractivity contribution < 1.29 is 9.53 Å². The first kappa shape index (κ1) is 14.7. The molecule has 1 saturated heterocycles. The number of amides is 1. The van der Waals surface area contributed by atoms with E-state index in [0.717, 1.165) is 24.6 Å². The van der Waals surface area contributed by atoms with Crippen molar-refractivity contribution in [3.05, 3.63) is 18.3 Å². The van der Waals surface area contributed by atoms with E-state index < -0.39 is 0 Å². The molecule has 20 heavy (non-hydrogen) atoms. The van der Waals surface area contributed by atoms with E-state index in [1.807, 2.05) is 26.1 Å². The summed E-state index contributed by atoms with van der Waals surface area (Å²) in [5, 5.41) is 5.98. The molecule has 0 radical (unpaired) electrons. The molecule has 1 amide bonds. The molecule has 2 heterocycles. The molecule has 1 unspecified atom stereocenters. The van der Waals surface area contributed by atoms with Crippen molar-refractivity contribution in [1.29, 1.82) is 0 Å². The molecule has 0 aromatic carbocycles. The van der Waals surface area contributed by atoms with Crippen LogP contribution < -0.4 is 15.5 Å². The molecule has 6 nitrogen and oxygen atoms in total. The first-order valence-corrected chi connectivity index (χ1v) is 6.95. The molecular formula is C14H22N4O2. The average Bonchev–Trinajstić information content (AvgIpc) is 2.49. The highest BCUT2D eigenvalue weighted by molar-refractivity contribution is 5.95. The van der Waals surface area contributed by atoms with Crippen LogP contribution in [0.2, 0.25) is 0 Å². The van der Waals surface area contributed by atoms with Gasteiger partial charge in [-0.3, -0.25) is 4.79 Å². The van der Waals surface area contributed by atoms with Crippen LogP contribution in [0.3, 0.4) is 0 Å². The number of nitrogens with zero attached hydrogens (tertiary/aromatic N) is 2. The van der Waals surface area contributed by atoms with Gasteiger partial charge in [0.15, 0.2) is 5.82 Å². The Morgan fingerprint density at radius 3 is 2.95 bits per heavy atom. The summed E-state index contributed by atoms with van der Waals surface area (Å²) in [5.74, 6) is 0.736. The van der Waals surface area contributed by atoms with E-state index in [4.69, 9.17) is 4.74 Å². The summed E-state index contributed by atoms with van der Waals surface area (Å²) in [6.45, 7) is 5.54. The van der Waals surface area contributed by atoms with Crippen LogP contribution in [0, 0.1) is 5.92 Å². The van der Waals surface area contributed by atoms with Crippen LogP contribution in [0.4, 0.5) is 11.5 Å². The molecule has 0 aliphatic carbocycles. The third-order valence-corrected chi connectivity index (χ3v) is 3.31. The number of anilines is 2. The van der Waals surface area contributed by atoms with Gasteiger partial charge >= 0.3 is 0 Å². The molecule has 1 aromatic heterocycles. The van der Waals surface area contributed by atoms with E-state index in [0.29, 0.717) is 19.8 Å². The van der Waals surface area contributed by atoms with Crippen molar-refractivity contribution in [3.8, 4) is 0 Å². The molecule has 1 aliphatic heterocycles. The number of hydrogen-bond donors (Lipinski definition) is 2. The largest absolute Gasteiger partial charge is 0.378 e. The Labute approximate surface area is 119 Å². The first-order chi connectivity index (χ1) is 9.72. The maximum Gasteiger partial charge on any atom is 0.228 e. The summed E-state index contributed by atoms with van der Waals surface area (Å²) in [6, 6.07) is 3.73. The highest BCUT2D eigenvalue weighted by atomic mass is 16.5. The monoisotopic (exact) mass is 278 g/mol. The number of rotatable bonds is 5. The summed E-state index contributed by atoms with van der Waals surface area (Å²) in [7, 11) is 1.84. The third kappa shape index (κ3) is 3.68. The van der Waals surface area contributed by atoms with Gasteiger partial charge in [-0.2, -0.15) is 0 Å². The number of morpholine rings is 1. The Morgan fingerprint density at radius 2 is 2.25 bits per heavy atom. The van der Waals surface area contributed by atoms with Crippen molar-refractivity contribution in [2.45, 2.75) is 6.92 Å². The van der Waals surface area contributed by atoms with Crippen molar-refractivity contribution in [1.82, 2.24) is 10.3 Å². The van der Waals surface area contributed by atoms with Gasteiger partial charge in [-0.15, -0.1) is 0 Å². The van der Waals surface area contributed by atoms with Crippen LogP contribution in [0.1, 0.15) is 6.92 Å². The van der Waals surface area contributed by atoms with Crippen molar-refractivity contribution >= 4 is 17.4 Å². The average molecular weight is 278 g/mol. The number of hydrogen-bond acceptors (Lipinski definition) is 5. The van der Waals surface area contributed by atoms with E-state index in [-0.39, 0.29) is 11.8 Å². The Hall–Kier alpha value is -1.66. The van der Waals surface area contributed by atoms with Crippen LogP contribution in [-0.4, -0.2) is 50.8 Å². The predicted octanol–water partition coefficient (Wildman–Crippen LogP) is 0.712. The van der Waals surface area contributed by atoms with Gasteiger partial charge in [-0.05, 0) is 19.2 Å². The number of ether oxygens (including phenoxy) is 1. The summed E-state index contributed by atoms with van der Waals surface area (Å²) in [6.07, 6.45) is 1.75. The van der Waals surface area contributed by atoms with E-state index in [2.05, 4.69) is 20.5 Å². The molecule has 110 valence electrons. The molecule has 1 aromatic rings. The van der Waals surface area contributed by atoms with E-state index in [9.17, 15) is 4.79 Å². The van der Waals surface area contributed by atoms with Crippen molar-refractivity contribution in [2.24, 2.45) is 5.92 Å². The maximum atomic E-state index is 12.1. The third-order valence-electron chi connectivity index (χ3n) is 3.31. The minimum Gasteiger partial charge on any atom is -0.378 e. The zero-order valence-corrected chi connectivity index (χ0v) is 12.1. The zero-order valence-electron chi connectivity index (χ0n) is 12.1. The van der Waals surface area contributed by atoms with E-state index in [1.165, 1.54) is 0 Å². The Kier molecular flexibility index (Phi) is 5.31. The number of carbonyl (C=O) groups excluding carboxylic acids is 1. The number of pyridine rings is 1. The second kappa shape index (κ2) is 7.21. The Bertz CT molecular complexity index is 447. The Balaban J connectivity index is 2.09. The number of nitrogens with one attached hydrogen (secondary N) is 2. The minimum atomic E-state index is -0.0854. The molecule has 0 bridgehead atoms. The van der Waals surface area contributed by atoms with Crippen molar-refractivity contribution in [3.63, 3.8) is 0 Å². The molecule has 2 rings (SSSR count). The zero-order chi connectivity index (χ0) is 14.4. The second-order valence-electron chi connectivity index (χ2n) is 4.92. The molecule has 2 N–H and O–H groups in total. The maximum absolute atomic E-state index is 12.1. The second-order valence-corrected chi connectivity index (χ2v) is 4.92. The molecule has 1 fully saturated rings. The molecule has 0 saturated carbocycles. The van der Waals surface area contributed by atoms with Crippen LogP contribution in [-0.2, 0) is 9.53 Å². The molecular weight excluding hydrogens is 256 g/mol. The lowest BCUT2D eigenvalue weighted by Crippen LogP contribution is -2.37.